The quantitative estimate of drug-likeness (QED) is 0.264. The molecule has 8 N–H and O–H groups in total. The topological polar surface area (TPSA) is 185 Å². The molecule has 2 aromatic rings. The summed E-state index contributed by atoms with van der Waals surface area (Å²) in [5, 5.41) is 24.9. The summed E-state index contributed by atoms with van der Waals surface area (Å²) in [4.78, 5) is 47.7. The molecular weight excluding hydrogens is 416 g/mol. The number of carboxylic acid groups (broad SMARTS) is 2. The van der Waals surface area contributed by atoms with E-state index in [-0.39, 0.29) is 25.8 Å². The second kappa shape index (κ2) is 11.8. The van der Waals surface area contributed by atoms with Crippen molar-refractivity contribution in [3.05, 3.63) is 48.0 Å². The Kier molecular flexibility index (Phi) is 9.11. The van der Waals surface area contributed by atoms with Crippen molar-refractivity contribution in [3.8, 4) is 0 Å². The van der Waals surface area contributed by atoms with Crippen LogP contribution in [-0.4, -0.2) is 58.6 Å². The van der Waals surface area contributed by atoms with Gasteiger partial charge in [-0.2, -0.15) is 0 Å². The van der Waals surface area contributed by atoms with Crippen LogP contribution in [0.4, 0.5) is 0 Å². The molecule has 0 radical (unpaired) electrons. The van der Waals surface area contributed by atoms with E-state index in [2.05, 4.69) is 10.6 Å². The Balaban J connectivity index is 2.28. The number of amides is 2. The smallest absolute Gasteiger partial charge is 0.326 e. The SMILES string of the molecule is NCC[C@H](N)C(=O)N[C@@H](Cc1cccc2ccccc12)C(=O)N[C@@H](CCC(=O)O)C(=O)O. The molecule has 0 fully saturated rings. The number of benzene rings is 2. The lowest BCUT2D eigenvalue weighted by atomic mass is 9.97. The Labute approximate surface area is 185 Å². The van der Waals surface area contributed by atoms with Crippen molar-refractivity contribution in [1.29, 1.82) is 0 Å². The van der Waals surface area contributed by atoms with Crippen LogP contribution < -0.4 is 22.1 Å². The van der Waals surface area contributed by atoms with E-state index in [1.54, 1.807) is 0 Å². The number of carboxylic acids is 2. The summed E-state index contributed by atoms with van der Waals surface area (Å²) in [5.74, 6) is -3.88. The molecule has 0 spiro atoms. The fourth-order valence-corrected chi connectivity index (χ4v) is 3.29. The lowest BCUT2D eigenvalue weighted by Gasteiger charge is -2.23. The number of hydrogen-bond donors (Lipinski definition) is 6. The molecule has 172 valence electrons. The Morgan fingerprint density at radius 1 is 0.875 bits per heavy atom. The number of aliphatic carboxylic acids is 2. The van der Waals surface area contributed by atoms with Gasteiger partial charge in [0.15, 0.2) is 0 Å². The molecule has 2 amide bonds. The van der Waals surface area contributed by atoms with Crippen molar-refractivity contribution in [2.75, 3.05) is 6.54 Å². The third-order valence-electron chi connectivity index (χ3n) is 5.01. The number of carbonyl (C=O) groups excluding carboxylic acids is 2. The van der Waals surface area contributed by atoms with Gasteiger partial charge in [0.25, 0.3) is 0 Å². The molecule has 10 heteroatoms. The molecule has 0 saturated heterocycles. The molecule has 32 heavy (non-hydrogen) atoms. The van der Waals surface area contributed by atoms with E-state index in [0.29, 0.717) is 0 Å². The first-order chi connectivity index (χ1) is 15.2. The zero-order valence-corrected chi connectivity index (χ0v) is 17.5. The van der Waals surface area contributed by atoms with Crippen molar-refractivity contribution in [3.63, 3.8) is 0 Å². The van der Waals surface area contributed by atoms with Gasteiger partial charge in [0.2, 0.25) is 11.8 Å². The highest BCUT2D eigenvalue weighted by molar-refractivity contribution is 5.93. The van der Waals surface area contributed by atoms with Crippen molar-refractivity contribution in [1.82, 2.24) is 10.6 Å². The lowest BCUT2D eigenvalue weighted by Crippen LogP contribution is -2.55. The van der Waals surface area contributed by atoms with Gasteiger partial charge in [-0.25, -0.2) is 4.79 Å². The van der Waals surface area contributed by atoms with Crippen LogP contribution in [0.3, 0.4) is 0 Å². The number of hydrogen-bond acceptors (Lipinski definition) is 6. The molecule has 0 bridgehead atoms. The summed E-state index contributed by atoms with van der Waals surface area (Å²) in [6, 6.07) is 9.61. The van der Waals surface area contributed by atoms with Gasteiger partial charge in [-0.15, -0.1) is 0 Å². The Morgan fingerprint density at radius 3 is 2.19 bits per heavy atom. The number of nitrogens with two attached hydrogens (primary N) is 2. The van der Waals surface area contributed by atoms with Crippen LogP contribution in [0.1, 0.15) is 24.8 Å². The van der Waals surface area contributed by atoms with E-state index < -0.39 is 48.3 Å². The van der Waals surface area contributed by atoms with E-state index >= 15 is 0 Å². The highest BCUT2D eigenvalue weighted by Crippen LogP contribution is 2.20. The molecule has 3 atom stereocenters. The van der Waals surface area contributed by atoms with Crippen molar-refractivity contribution in [2.24, 2.45) is 11.5 Å². The van der Waals surface area contributed by atoms with Gasteiger partial charge in [0.05, 0.1) is 6.04 Å². The average molecular weight is 444 g/mol. The Bertz CT molecular complexity index is 975. The lowest BCUT2D eigenvalue weighted by molar-refractivity contribution is -0.143. The van der Waals surface area contributed by atoms with Crippen LogP contribution >= 0.6 is 0 Å². The van der Waals surface area contributed by atoms with Gasteiger partial charge < -0.3 is 32.3 Å². The van der Waals surface area contributed by atoms with Crippen LogP contribution in [-0.2, 0) is 25.6 Å². The first-order valence-corrected chi connectivity index (χ1v) is 10.2. The minimum atomic E-state index is -1.41. The third-order valence-corrected chi connectivity index (χ3v) is 5.01. The Hall–Kier alpha value is -3.50. The molecule has 2 rings (SSSR count). The summed E-state index contributed by atoms with van der Waals surface area (Å²) >= 11 is 0. The van der Waals surface area contributed by atoms with E-state index in [1.165, 1.54) is 0 Å². The predicted octanol–water partition coefficient (Wildman–Crippen LogP) is -0.0226. The molecule has 2 aromatic carbocycles. The molecule has 0 heterocycles. The fraction of sp³-hybridized carbons (Fsp3) is 0.364. The number of fused-ring (bicyclic) bond motifs is 1. The van der Waals surface area contributed by atoms with Crippen molar-refractivity contribution >= 4 is 34.5 Å². The molecule has 0 aliphatic carbocycles. The first-order valence-electron chi connectivity index (χ1n) is 10.2. The van der Waals surface area contributed by atoms with Crippen LogP contribution in [0.25, 0.3) is 10.8 Å². The number of rotatable bonds is 12. The zero-order chi connectivity index (χ0) is 23.7. The van der Waals surface area contributed by atoms with Gasteiger partial charge in [-0.05, 0) is 35.7 Å². The van der Waals surface area contributed by atoms with Gasteiger partial charge in [-0.3, -0.25) is 14.4 Å². The molecule has 0 saturated carbocycles. The fourth-order valence-electron chi connectivity index (χ4n) is 3.29. The normalized spacial score (nSPS) is 13.7. The monoisotopic (exact) mass is 444 g/mol. The predicted molar refractivity (Wildman–Crippen MR) is 118 cm³/mol. The second-order valence-electron chi connectivity index (χ2n) is 7.42. The maximum atomic E-state index is 13.0. The average Bonchev–Trinajstić information content (AvgIpc) is 2.75. The van der Waals surface area contributed by atoms with E-state index in [4.69, 9.17) is 16.6 Å². The Morgan fingerprint density at radius 2 is 1.53 bits per heavy atom. The summed E-state index contributed by atoms with van der Waals surface area (Å²) in [5.41, 5.74) is 12.0. The van der Waals surface area contributed by atoms with Gasteiger partial charge in [-0.1, -0.05) is 42.5 Å². The highest BCUT2D eigenvalue weighted by atomic mass is 16.4. The zero-order valence-electron chi connectivity index (χ0n) is 17.5. The minimum Gasteiger partial charge on any atom is -0.481 e. The number of carbonyl (C=O) groups is 4. The third kappa shape index (κ3) is 7.03. The van der Waals surface area contributed by atoms with Gasteiger partial charge in [0.1, 0.15) is 12.1 Å². The van der Waals surface area contributed by atoms with E-state index in [1.807, 2.05) is 42.5 Å². The molecule has 0 aliphatic rings. The standard InChI is InChI=1S/C22H28N4O6/c23-11-10-16(24)20(29)26-18(21(30)25-17(22(31)32)8-9-19(27)28)12-14-6-3-5-13-4-1-2-7-15(13)14/h1-7,16-18H,8-12,23-24H2,(H,25,30)(H,26,29)(H,27,28)(H,31,32)/t16-,17-,18-/m0/s1. The van der Waals surface area contributed by atoms with E-state index in [0.717, 1.165) is 16.3 Å². The minimum absolute atomic E-state index is 0.0829. The van der Waals surface area contributed by atoms with Crippen LogP contribution in [0.5, 0.6) is 0 Å². The van der Waals surface area contributed by atoms with Crippen LogP contribution in [0.2, 0.25) is 0 Å². The molecule has 0 unspecified atom stereocenters. The maximum absolute atomic E-state index is 13.0. The van der Waals surface area contributed by atoms with Gasteiger partial charge in [0, 0.05) is 12.8 Å². The number of nitrogens with one attached hydrogen (secondary N) is 2. The van der Waals surface area contributed by atoms with Crippen LogP contribution in [0.15, 0.2) is 42.5 Å². The highest BCUT2D eigenvalue weighted by Gasteiger charge is 2.28. The first kappa shape index (κ1) is 24.8. The van der Waals surface area contributed by atoms with Gasteiger partial charge >= 0.3 is 11.9 Å². The summed E-state index contributed by atoms with van der Waals surface area (Å²) in [6.45, 7) is 0.186. The summed E-state index contributed by atoms with van der Waals surface area (Å²) < 4.78 is 0. The maximum Gasteiger partial charge on any atom is 0.326 e. The van der Waals surface area contributed by atoms with Crippen molar-refractivity contribution in [2.45, 2.75) is 43.8 Å². The molecular formula is C22H28N4O6. The largest absolute Gasteiger partial charge is 0.481 e. The molecule has 0 aliphatic heterocycles. The second-order valence-corrected chi connectivity index (χ2v) is 7.42. The van der Waals surface area contributed by atoms with Crippen molar-refractivity contribution < 1.29 is 29.4 Å². The van der Waals surface area contributed by atoms with Crippen LogP contribution in [0, 0.1) is 0 Å². The summed E-state index contributed by atoms with van der Waals surface area (Å²) in [7, 11) is 0. The molecule has 10 nitrogen and oxygen atoms in total. The van der Waals surface area contributed by atoms with E-state index in [9.17, 15) is 24.3 Å². The molecule has 0 aromatic heterocycles. The summed E-state index contributed by atoms with van der Waals surface area (Å²) in [6.07, 6.45) is -0.429.